The summed E-state index contributed by atoms with van der Waals surface area (Å²) in [7, 11) is 0.489. The lowest BCUT2D eigenvalue weighted by Gasteiger charge is -2.33. The Bertz CT molecular complexity index is 1190. The third-order valence-corrected chi connectivity index (χ3v) is 7.16. The fraction of sp³-hybridized carbons (Fsp3) is 0.481. The predicted octanol–water partition coefficient (Wildman–Crippen LogP) is 3.20. The van der Waals surface area contributed by atoms with Crippen molar-refractivity contribution in [2.45, 2.75) is 45.7 Å². The molecule has 0 saturated carbocycles. The van der Waals surface area contributed by atoms with E-state index >= 15 is 0 Å². The van der Waals surface area contributed by atoms with Crippen LogP contribution in [0.2, 0.25) is 0 Å². The molecule has 0 aliphatic heterocycles. The summed E-state index contributed by atoms with van der Waals surface area (Å²) in [4.78, 5) is 28.4. The van der Waals surface area contributed by atoms with Gasteiger partial charge in [-0.1, -0.05) is 32.4 Å². The van der Waals surface area contributed by atoms with Crippen molar-refractivity contribution in [3.8, 4) is 17.2 Å². The highest BCUT2D eigenvalue weighted by atomic mass is 32.2. The second-order valence-corrected chi connectivity index (χ2v) is 10.7. The van der Waals surface area contributed by atoms with Crippen LogP contribution in [0.25, 0.3) is 0 Å². The number of amides is 2. The van der Waals surface area contributed by atoms with Crippen LogP contribution < -0.4 is 23.8 Å². The van der Waals surface area contributed by atoms with Gasteiger partial charge in [-0.15, -0.1) is 0 Å². The average Bonchev–Trinajstić information content (AvgIpc) is 2.90. The van der Waals surface area contributed by atoms with Crippen molar-refractivity contribution >= 4 is 27.5 Å². The first kappa shape index (κ1) is 30.8. The number of rotatable bonds is 15. The molecule has 210 valence electrons. The summed E-state index contributed by atoms with van der Waals surface area (Å²) in [6.45, 7) is 3.88. The van der Waals surface area contributed by atoms with Crippen LogP contribution in [0.3, 0.4) is 0 Å². The smallest absolute Gasteiger partial charge is 0.244 e. The van der Waals surface area contributed by atoms with Gasteiger partial charge in [0.05, 0.1) is 33.3 Å². The number of carbonyl (C=O) groups excluding carboxylic acids is 2. The fourth-order valence-corrected chi connectivity index (χ4v) is 4.82. The number of anilines is 1. The lowest BCUT2D eigenvalue weighted by Crippen LogP contribution is -2.52. The van der Waals surface area contributed by atoms with Crippen LogP contribution in [-0.4, -0.2) is 71.8 Å². The molecule has 2 aromatic carbocycles. The van der Waals surface area contributed by atoms with Crippen LogP contribution >= 0.6 is 0 Å². The van der Waals surface area contributed by atoms with E-state index in [1.165, 1.54) is 25.2 Å². The number of methoxy groups -OCH3 is 3. The Hall–Kier alpha value is -3.47. The molecule has 0 aliphatic carbocycles. The third kappa shape index (κ3) is 8.27. The summed E-state index contributed by atoms with van der Waals surface area (Å²) in [5.74, 6) is 0.432. The van der Waals surface area contributed by atoms with Crippen LogP contribution in [0.15, 0.2) is 42.5 Å². The van der Waals surface area contributed by atoms with Crippen molar-refractivity contribution in [3.63, 3.8) is 0 Å². The van der Waals surface area contributed by atoms with Crippen molar-refractivity contribution in [1.29, 1.82) is 0 Å². The summed E-state index contributed by atoms with van der Waals surface area (Å²) in [5.41, 5.74) is 0.895. The molecule has 2 aromatic rings. The molecule has 0 bridgehead atoms. The maximum Gasteiger partial charge on any atom is 0.244 e. The lowest BCUT2D eigenvalue weighted by molar-refractivity contribution is -0.140. The van der Waals surface area contributed by atoms with E-state index in [1.807, 2.05) is 19.9 Å². The topological polar surface area (TPSA) is 114 Å². The van der Waals surface area contributed by atoms with Gasteiger partial charge in [0.25, 0.3) is 0 Å². The minimum atomic E-state index is -3.93. The molecule has 1 atom stereocenters. The van der Waals surface area contributed by atoms with E-state index in [1.54, 1.807) is 37.4 Å². The Morgan fingerprint density at radius 2 is 1.66 bits per heavy atom. The van der Waals surface area contributed by atoms with Crippen molar-refractivity contribution in [2.75, 3.05) is 45.0 Å². The van der Waals surface area contributed by atoms with Gasteiger partial charge in [0.15, 0.2) is 0 Å². The SMILES string of the molecule is CCCCNC(=O)[C@H](CC)N(Cc1cccc(OC)c1)C(=O)CN(c1cc(OC)ccc1OC)S(C)(=O)=O. The van der Waals surface area contributed by atoms with Gasteiger partial charge < -0.3 is 24.4 Å². The largest absolute Gasteiger partial charge is 0.497 e. The van der Waals surface area contributed by atoms with E-state index in [0.29, 0.717) is 24.5 Å². The van der Waals surface area contributed by atoms with Gasteiger partial charge in [0, 0.05) is 19.2 Å². The van der Waals surface area contributed by atoms with Crippen molar-refractivity contribution < 1.29 is 32.2 Å². The molecule has 38 heavy (non-hydrogen) atoms. The van der Waals surface area contributed by atoms with E-state index in [-0.39, 0.29) is 23.9 Å². The molecule has 0 spiro atoms. The van der Waals surface area contributed by atoms with Gasteiger partial charge in [-0.25, -0.2) is 8.42 Å². The van der Waals surface area contributed by atoms with E-state index in [4.69, 9.17) is 14.2 Å². The molecule has 10 nitrogen and oxygen atoms in total. The number of hydrogen-bond donors (Lipinski definition) is 1. The summed E-state index contributed by atoms with van der Waals surface area (Å²) in [6, 6.07) is 11.1. The second-order valence-electron chi connectivity index (χ2n) is 8.75. The molecule has 1 N–H and O–H groups in total. The normalized spacial score (nSPS) is 11.8. The summed E-state index contributed by atoms with van der Waals surface area (Å²) < 4.78 is 42.8. The first-order valence-corrected chi connectivity index (χ1v) is 14.3. The van der Waals surface area contributed by atoms with Crippen LogP contribution in [-0.2, 0) is 26.2 Å². The van der Waals surface area contributed by atoms with Gasteiger partial charge in [-0.3, -0.25) is 13.9 Å². The highest BCUT2D eigenvalue weighted by molar-refractivity contribution is 7.92. The molecule has 0 heterocycles. The molecular weight excluding hydrogens is 510 g/mol. The maximum absolute atomic E-state index is 13.9. The van der Waals surface area contributed by atoms with Gasteiger partial charge in [0.1, 0.15) is 29.8 Å². The van der Waals surface area contributed by atoms with E-state index < -0.39 is 28.5 Å². The highest BCUT2D eigenvalue weighted by Crippen LogP contribution is 2.34. The van der Waals surface area contributed by atoms with Crippen molar-refractivity contribution in [3.05, 3.63) is 48.0 Å². The summed E-state index contributed by atoms with van der Waals surface area (Å²) in [6.07, 6.45) is 3.08. The number of ether oxygens (including phenoxy) is 3. The quantitative estimate of drug-likeness (QED) is 0.339. The van der Waals surface area contributed by atoms with Gasteiger partial charge >= 0.3 is 0 Å². The van der Waals surface area contributed by atoms with Crippen molar-refractivity contribution in [1.82, 2.24) is 10.2 Å². The predicted molar refractivity (Wildman–Crippen MR) is 147 cm³/mol. The van der Waals surface area contributed by atoms with Gasteiger partial charge in [-0.2, -0.15) is 0 Å². The average molecular weight is 550 g/mol. The van der Waals surface area contributed by atoms with E-state index in [9.17, 15) is 18.0 Å². The van der Waals surface area contributed by atoms with Crippen LogP contribution in [0.5, 0.6) is 17.2 Å². The number of benzene rings is 2. The van der Waals surface area contributed by atoms with Crippen LogP contribution in [0, 0.1) is 0 Å². The van der Waals surface area contributed by atoms with E-state index in [0.717, 1.165) is 29.0 Å². The first-order valence-electron chi connectivity index (χ1n) is 12.5. The molecule has 11 heteroatoms. The molecule has 0 aromatic heterocycles. The Morgan fingerprint density at radius 1 is 0.974 bits per heavy atom. The monoisotopic (exact) mass is 549 g/mol. The minimum absolute atomic E-state index is 0.0859. The standard InChI is InChI=1S/C27H39N3O7S/c1-7-9-15-28-27(32)23(8-2)29(18-20-11-10-12-21(16-20)35-3)26(31)19-30(38(6,33)34)24-17-22(36-4)13-14-25(24)37-5/h10-14,16-17,23H,7-9,15,18-19H2,1-6H3,(H,28,32)/t23-/m0/s1. The summed E-state index contributed by atoms with van der Waals surface area (Å²) in [5, 5.41) is 2.90. The fourth-order valence-electron chi connectivity index (χ4n) is 3.98. The molecule has 0 radical (unpaired) electrons. The van der Waals surface area contributed by atoms with Gasteiger partial charge in [-0.05, 0) is 42.7 Å². The molecule has 0 aliphatic rings. The van der Waals surface area contributed by atoms with Gasteiger partial charge in [0.2, 0.25) is 21.8 Å². The number of unbranched alkanes of at least 4 members (excludes halogenated alkanes) is 1. The number of hydrogen-bond acceptors (Lipinski definition) is 7. The Balaban J connectivity index is 2.51. The molecule has 2 amide bonds. The minimum Gasteiger partial charge on any atom is -0.497 e. The number of sulfonamides is 1. The number of nitrogens with zero attached hydrogens (tertiary/aromatic N) is 2. The zero-order chi connectivity index (χ0) is 28.3. The first-order chi connectivity index (χ1) is 18.1. The molecular formula is C27H39N3O7S. The third-order valence-electron chi connectivity index (χ3n) is 6.04. The highest BCUT2D eigenvalue weighted by Gasteiger charge is 2.32. The van der Waals surface area contributed by atoms with Crippen LogP contribution in [0.4, 0.5) is 5.69 Å². The van der Waals surface area contributed by atoms with Crippen LogP contribution in [0.1, 0.15) is 38.7 Å². The van der Waals surface area contributed by atoms with E-state index in [2.05, 4.69) is 5.32 Å². The Labute approximate surface area is 225 Å². The maximum atomic E-state index is 13.9. The number of nitrogens with one attached hydrogen (secondary N) is 1. The molecule has 0 saturated heterocycles. The van der Waals surface area contributed by atoms with Crippen molar-refractivity contribution in [2.24, 2.45) is 0 Å². The molecule has 2 rings (SSSR count). The zero-order valence-corrected chi connectivity index (χ0v) is 23.8. The lowest BCUT2D eigenvalue weighted by atomic mass is 10.1. The molecule has 0 unspecified atom stereocenters. The molecule has 0 fully saturated rings. The summed E-state index contributed by atoms with van der Waals surface area (Å²) >= 11 is 0. The second kappa shape index (κ2) is 14.5. The Morgan fingerprint density at radius 3 is 2.24 bits per heavy atom. The Kier molecular flexibility index (Phi) is 11.7. The number of carbonyl (C=O) groups is 2. The zero-order valence-electron chi connectivity index (χ0n) is 23.0.